The first-order valence-electron chi connectivity index (χ1n) is 5.52. The number of aromatic amines is 1. The molecule has 0 atom stereocenters. The number of ether oxygens (including phenoxy) is 1. The number of aromatic nitrogens is 1. The van der Waals surface area contributed by atoms with Crippen molar-refractivity contribution in [3.05, 3.63) is 27.0 Å². The van der Waals surface area contributed by atoms with Crippen molar-refractivity contribution in [2.45, 2.75) is 32.6 Å². The van der Waals surface area contributed by atoms with Crippen LogP contribution in [0.25, 0.3) is 0 Å². The molecular weight excluding hydrogens is 204 g/mol. The third-order valence-corrected chi connectivity index (χ3v) is 3.08. The second-order valence-corrected chi connectivity index (χ2v) is 4.15. The highest BCUT2D eigenvalue weighted by atomic mass is 16.5. The normalized spacial score (nSPS) is 14.4. The zero-order valence-electron chi connectivity index (χ0n) is 9.64. The van der Waals surface area contributed by atoms with Gasteiger partial charge in [0.1, 0.15) is 0 Å². The van der Waals surface area contributed by atoms with Crippen LogP contribution in [0, 0.1) is 5.41 Å². The topological polar surface area (TPSA) is 65.9 Å². The summed E-state index contributed by atoms with van der Waals surface area (Å²) in [6, 6.07) is 0. The molecule has 1 heterocycles. The van der Waals surface area contributed by atoms with Crippen LogP contribution in [0.15, 0.2) is 4.79 Å². The molecule has 0 radical (unpaired) electrons. The van der Waals surface area contributed by atoms with Crippen molar-refractivity contribution in [1.82, 2.24) is 4.98 Å². The van der Waals surface area contributed by atoms with E-state index in [0.29, 0.717) is 17.2 Å². The molecule has 1 aliphatic rings. The van der Waals surface area contributed by atoms with Crippen molar-refractivity contribution in [3.63, 3.8) is 0 Å². The fourth-order valence-electron chi connectivity index (χ4n) is 2.38. The summed E-state index contributed by atoms with van der Waals surface area (Å²) in [5.41, 5.74) is 2.76. The maximum atomic E-state index is 11.8. The molecule has 1 aromatic rings. The molecule has 4 heteroatoms. The van der Waals surface area contributed by atoms with Crippen LogP contribution in [0.4, 0.5) is 0 Å². The lowest BCUT2D eigenvalue weighted by Crippen LogP contribution is -2.24. The molecular formula is C12H16N2O2. The Morgan fingerprint density at radius 3 is 2.50 bits per heavy atom. The second-order valence-electron chi connectivity index (χ2n) is 4.15. The van der Waals surface area contributed by atoms with Gasteiger partial charge in [0.2, 0.25) is 0 Å². The van der Waals surface area contributed by atoms with Gasteiger partial charge in [-0.15, -0.1) is 0 Å². The summed E-state index contributed by atoms with van der Waals surface area (Å²) < 4.78 is 5.20. The summed E-state index contributed by atoms with van der Waals surface area (Å²) >= 11 is 0. The van der Waals surface area contributed by atoms with E-state index in [2.05, 4.69) is 4.98 Å². The summed E-state index contributed by atoms with van der Waals surface area (Å²) in [5.74, 6) is 0.574. The summed E-state index contributed by atoms with van der Waals surface area (Å²) in [6.07, 6.45) is 4.00. The number of rotatable bonds is 2. The van der Waals surface area contributed by atoms with Crippen molar-refractivity contribution in [1.29, 1.82) is 5.41 Å². The van der Waals surface area contributed by atoms with Crippen LogP contribution in [0.5, 0.6) is 5.88 Å². The van der Waals surface area contributed by atoms with Crippen LogP contribution in [0.2, 0.25) is 0 Å². The molecule has 0 unspecified atom stereocenters. The van der Waals surface area contributed by atoms with E-state index in [-0.39, 0.29) is 5.56 Å². The zero-order chi connectivity index (χ0) is 11.7. The third-order valence-electron chi connectivity index (χ3n) is 3.08. The van der Waals surface area contributed by atoms with Crippen molar-refractivity contribution >= 4 is 5.71 Å². The van der Waals surface area contributed by atoms with Gasteiger partial charge in [0, 0.05) is 11.3 Å². The molecule has 0 bridgehead atoms. The second kappa shape index (κ2) is 4.12. The predicted molar refractivity (Wildman–Crippen MR) is 62.8 cm³/mol. The smallest absolute Gasteiger partial charge is 0.260 e. The average Bonchev–Trinajstić information content (AvgIpc) is 2.27. The molecule has 2 rings (SSSR count). The van der Waals surface area contributed by atoms with Crippen molar-refractivity contribution in [2.24, 2.45) is 0 Å². The van der Waals surface area contributed by atoms with Gasteiger partial charge in [-0.25, -0.2) is 0 Å². The molecule has 0 aliphatic heterocycles. The van der Waals surface area contributed by atoms with E-state index in [4.69, 9.17) is 10.1 Å². The Labute approximate surface area is 94.2 Å². The van der Waals surface area contributed by atoms with Gasteiger partial charge in [-0.3, -0.25) is 9.78 Å². The lowest BCUT2D eigenvalue weighted by atomic mass is 9.88. The van der Waals surface area contributed by atoms with Crippen molar-refractivity contribution < 1.29 is 4.74 Å². The minimum absolute atomic E-state index is 0.204. The number of hydrogen-bond acceptors (Lipinski definition) is 3. The molecule has 0 saturated carbocycles. The molecule has 16 heavy (non-hydrogen) atoms. The maximum Gasteiger partial charge on any atom is 0.260 e. The number of fused-ring (bicyclic) bond motifs is 1. The van der Waals surface area contributed by atoms with Gasteiger partial charge in [-0.05, 0) is 38.2 Å². The van der Waals surface area contributed by atoms with Crippen LogP contribution in [0.3, 0.4) is 0 Å². The third kappa shape index (κ3) is 1.64. The maximum absolute atomic E-state index is 11.8. The van der Waals surface area contributed by atoms with Crippen molar-refractivity contribution in [3.8, 4) is 5.88 Å². The van der Waals surface area contributed by atoms with E-state index >= 15 is 0 Å². The first kappa shape index (κ1) is 10.9. The molecule has 1 aromatic heterocycles. The number of nitrogens with one attached hydrogen (secondary N) is 2. The summed E-state index contributed by atoms with van der Waals surface area (Å²) in [5, 5.41) is 7.68. The Hall–Kier alpha value is -1.58. The zero-order valence-corrected chi connectivity index (χ0v) is 9.64. The Balaban J connectivity index is 2.72. The fraction of sp³-hybridized carbons (Fsp3) is 0.500. The first-order chi connectivity index (χ1) is 7.65. The summed E-state index contributed by atoms with van der Waals surface area (Å²) in [7, 11) is 1.57. The lowest BCUT2D eigenvalue weighted by molar-refractivity contribution is 0.387. The minimum atomic E-state index is -0.204. The Morgan fingerprint density at radius 2 is 1.94 bits per heavy atom. The molecule has 0 saturated heterocycles. The van der Waals surface area contributed by atoms with E-state index in [1.54, 1.807) is 14.0 Å². The van der Waals surface area contributed by atoms with Gasteiger partial charge < -0.3 is 10.1 Å². The first-order valence-corrected chi connectivity index (χ1v) is 5.52. The van der Waals surface area contributed by atoms with Crippen LogP contribution >= 0.6 is 0 Å². The van der Waals surface area contributed by atoms with Crippen LogP contribution in [-0.2, 0) is 12.8 Å². The van der Waals surface area contributed by atoms with Crippen molar-refractivity contribution in [2.75, 3.05) is 7.11 Å². The fourth-order valence-corrected chi connectivity index (χ4v) is 2.38. The van der Waals surface area contributed by atoms with Gasteiger partial charge in [0.25, 0.3) is 5.56 Å². The SMILES string of the molecule is COc1[nH]c(=O)c(C(C)=N)c2c1CCCC2. The average molecular weight is 220 g/mol. The number of methoxy groups -OCH3 is 1. The molecule has 1 aliphatic carbocycles. The van der Waals surface area contributed by atoms with E-state index in [9.17, 15) is 4.79 Å². The lowest BCUT2D eigenvalue weighted by Gasteiger charge is -2.20. The quantitative estimate of drug-likeness (QED) is 0.744. The Morgan fingerprint density at radius 1 is 1.31 bits per heavy atom. The molecule has 86 valence electrons. The van der Waals surface area contributed by atoms with E-state index in [1.165, 1.54) is 0 Å². The number of hydrogen-bond donors (Lipinski definition) is 2. The highest BCUT2D eigenvalue weighted by Gasteiger charge is 2.21. The van der Waals surface area contributed by atoms with Gasteiger partial charge >= 0.3 is 0 Å². The standard InChI is InChI=1S/C12H16N2O2/c1-7(13)10-8-5-3-4-6-9(8)12(16-2)14-11(10)15/h13H,3-6H2,1-2H3,(H,14,15). The molecule has 0 aromatic carbocycles. The van der Waals surface area contributed by atoms with Crippen LogP contribution in [0.1, 0.15) is 36.5 Å². The highest BCUT2D eigenvalue weighted by molar-refractivity contribution is 5.97. The van der Waals surface area contributed by atoms with E-state index in [0.717, 1.165) is 36.8 Å². The van der Waals surface area contributed by atoms with Gasteiger partial charge in [-0.2, -0.15) is 0 Å². The summed E-state index contributed by atoms with van der Waals surface area (Å²) in [4.78, 5) is 14.6. The Bertz CT molecular complexity index is 489. The number of pyridine rings is 1. The van der Waals surface area contributed by atoms with Gasteiger partial charge in [0.15, 0.2) is 5.88 Å². The molecule has 0 amide bonds. The predicted octanol–water partition coefficient (Wildman–Crippen LogP) is 1.65. The van der Waals surface area contributed by atoms with Gasteiger partial charge in [-0.1, -0.05) is 0 Å². The van der Waals surface area contributed by atoms with Crippen LogP contribution in [-0.4, -0.2) is 17.8 Å². The number of H-pyrrole nitrogens is 1. The summed E-state index contributed by atoms with van der Waals surface area (Å²) in [6.45, 7) is 1.66. The van der Waals surface area contributed by atoms with Crippen LogP contribution < -0.4 is 10.3 Å². The largest absolute Gasteiger partial charge is 0.482 e. The molecule has 2 N–H and O–H groups in total. The highest BCUT2D eigenvalue weighted by Crippen LogP contribution is 2.28. The molecule has 0 fully saturated rings. The Kier molecular flexibility index (Phi) is 2.81. The molecule has 0 spiro atoms. The monoisotopic (exact) mass is 220 g/mol. The minimum Gasteiger partial charge on any atom is -0.482 e. The van der Waals surface area contributed by atoms with Gasteiger partial charge in [0.05, 0.1) is 12.7 Å². The van der Waals surface area contributed by atoms with E-state index < -0.39 is 0 Å². The van der Waals surface area contributed by atoms with E-state index in [1.807, 2.05) is 0 Å². The molecule has 4 nitrogen and oxygen atoms in total.